The summed E-state index contributed by atoms with van der Waals surface area (Å²) in [5, 5.41) is 3.20. The highest BCUT2D eigenvalue weighted by molar-refractivity contribution is 7.98. The molecule has 0 saturated heterocycles. The van der Waals surface area contributed by atoms with E-state index in [-0.39, 0.29) is 18.0 Å². The van der Waals surface area contributed by atoms with Gasteiger partial charge in [0.25, 0.3) is 0 Å². The molecule has 3 nitrogen and oxygen atoms in total. The van der Waals surface area contributed by atoms with Gasteiger partial charge in [-0.3, -0.25) is 4.79 Å². The molecule has 0 aliphatic rings. The van der Waals surface area contributed by atoms with E-state index < -0.39 is 0 Å². The Bertz CT molecular complexity index is 407. The molecule has 1 atom stereocenters. The molecule has 1 aromatic rings. The normalized spacial score (nSPS) is 12.6. The second-order valence-electron chi connectivity index (χ2n) is 5.04. The summed E-state index contributed by atoms with van der Waals surface area (Å²) in [6.45, 7) is 6.18. The van der Waals surface area contributed by atoms with Gasteiger partial charge in [0, 0.05) is 11.8 Å². The van der Waals surface area contributed by atoms with Crippen LogP contribution < -0.4 is 11.1 Å². The number of primary amides is 1. The lowest BCUT2D eigenvalue weighted by Gasteiger charge is -2.17. The van der Waals surface area contributed by atoms with Crippen molar-refractivity contribution >= 4 is 17.7 Å². The standard InChI is InChI=1S/C15H24N2OS/c1-11(2)17-14(15(16)18)8-9-19-10-13-7-5-4-6-12(13)3/h4-7,11,14,17H,8-10H2,1-3H3,(H2,16,18). The zero-order valence-electron chi connectivity index (χ0n) is 12.0. The van der Waals surface area contributed by atoms with Crippen molar-refractivity contribution < 1.29 is 4.79 Å². The molecule has 0 aliphatic carbocycles. The molecule has 0 spiro atoms. The van der Waals surface area contributed by atoms with E-state index in [0.29, 0.717) is 0 Å². The van der Waals surface area contributed by atoms with Gasteiger partial charge in [0.15, 0.2) is 0 Å². The third-order valence-corrected chi connectivity index (χ3v) is 3.99. The van der Waals surface area contributed by atoms with Crippen molar-refractivity contribution in [1.29, 1.82) is 0 Å². The summed E-state index contributed by atoms with van der Waals surface area (Å²) in [7, 11) is 0. The van der Waals surface area contributed by atoms with Crippen LogP contribution in [0.4, 0.5) is 0 Å². The second kappa shape index (κ2) is 8.23. The van der Waals surface area contributed by atoms with Gasteiger partial charge < -0.3 is 11.1 Å². The Hall–Kier alpha value is -1.00. The number of nitrogens with two attached hydrogens (primary N) is 1. The SMILES string of the molecule is Cc1ccccc1CSCCC(NC(C)C)C(N)=O. The van der Waals surface area contributed by atoms with E-state index in [1.54, 1.807) is 0 Å². The maximum absolute atomic E-state index is 11.3. The molecule has 106 valence electrons. The molecule has 1 amide bonds. The zero-order chi connectivity index (χ0) is 14.3. The van der Waals surface area contributed by atoms with E-state index in [1.165, 1.54) is 11.1 Å². The number of carbonyl (C=O) groups is 1. The maximum atomic E-state index is 11.3. The number of nitrogens with one attached hydrogen (secondary N) is 1. The fourth-order valence-electron chi connectivity index (χ4n) is 1.87. The summed E-state index contributed by atoms with van der Waals surface area (Å²) in [4.78, 5) is 11.3. The van der Waals surface area contributed by atoms with E-state index in [4.69, 9.17) is 5.73 Å². The van der Waals surface area contributed by atoms with Crippen LogP contribution in [0.15, 0.2) is 24.3 Å². The molecular weight excluding hydrogens is 256 g/mol. The lowest BCUT2D eigenvalue weighted by atomic mass is 10.1. The van der Waals surface area contributed by atoms with Gasteiger partial charge in [-0.05, 0) is 30.2 Å². The zero-order valence-corrected chi connectivity index (χ0v) is 12.8. The highest BCUT2D eigenvalue weighted by Crippen LogP contribution is 2.17. The average Bonchev–Trinajstić information content (AvgIpc) is 2.34. The van der Waals surface area contributed by atoms with Crippen LogP contribution in [-0.2, 0) is 10.5 Å². The first-order chi connectivity index (χ1) is 9.00. The molecule has 0 fully saturated rings. The summed E-state index contributed by atoms with van der Waals surface area (Å²) < 4.78 is 0. The lowest BCUT2D eigenvalue weighted by Crippen LogP contribution is -2.44. The minimum absolute atomic E-state index is 0.218. The third-order valence-electron chi connectivity index (χ3n) is 2.95. The average molecular weight is 280 g/mol. The molecule has 1 rings (SSSR count). The van der Waals surface area contributed by atoms with E-state index in [0.717, 1.165) is 17.9 Å². The Labute approximate surface area is 120 Å². The van der Waals surface area contributed by atoms with E-state index in [1.807, 2.05) is 25.6 Å². The molecule has 0 aliphatic heterocycles. The Morgan fingerprint density at radius 2 is 2.05 bits per heavy atom. The highest BCUT2D eigenvalue weighted by Gasteiger charge is 2.15. The molecule has 0 saturated carbocycles. The molecule has 0 radical (unpaired) electrons. The number of thioether (sulfide) groups is 1. The van der Waals surface area contributed by atoms with Crippen molar-refractivity contribution in [1.82, 2.24) is 5.32 Å². The van der Waals surface area contributed by atoms with Crippen LogP contribution in [0.25, 0.3) is 0 Å². The predicted molar refractivity (Wildman–Crippen MR) is 83.2 cm³/mol. The number of benzene rings is 1. The first-order valence-corrected chi connectivity index (χ1v) is 7.83. The lowest BCUT2D eigenvalue weighted by molar-refractivity contribution is -0.120. The molecule has 0 heterocycles. The fourth-order valence-corrected chi connectivity index (χ4v) is 2.96. The Balaban J connectivity index is 2.33. The summed E-state index contributed by atoms with van der Waals surface area (Å²) >= 11 is 1.85. The van der Waals surface area contributed by atoms with Crippen LogP contribution in [-0.4, -0.2) is 23.7 Å². The van der Waals surface area contributed by atoms with E-state index in [2.05, 4.69) is 36.5 Å². The largest absolute Gasteiger partial charge is 0.368 e. The number of amides is 1. The van der Waals surface area contributed by atoms with Gasteiger partial charge in [-0.1, -0.05) is 38.1 Å². The molecule has 0 aromatic heterocycles. The number of aryl methyl sites for hydroxylation is 1. The van der Waals surface area contributed by atoms with Crippen LogP contribution in [0.3, 0.4) is 0 Å². The Morgan fingerprint density at radius 3 is 2.63 bits per heavy atom. The fraction of sp³-hybridized carbons (Fsp3) is 0.533. The van der Waals surface area contributed by atoms with Crippen molar-refractivity contribution in [3.63, 3.8) is 0 Å². The molecule has 1 unspecified atom stereocenters. The van der Waals surface area contributed by atoms with Crippen molar-refractivity contribution in [3.05, 3.63) is 35.4 Å². The molecule has 19 heavy (non-hydrogen) atoms. The van der Waals surface area contributed by atoms with Gasteiger partial charge in [0.2, 0.25) is 5.91 Å². The second-order valence-corrected chi connectivity index (χ2v) is 6.15. The minimum Gasteiger partial charge on any atom is -0.368 e. The summed E-state index contributed by atoms with van der Waals surface area (Å²) in [5.41, 5.74) is 8.07. The van der Waals surface area contributed by atoms with Gasteiger partial charge in [-0.2, -0.15) is 11.8 Å². The quantitative estimate of drug-likeness (QED) is 0.719. The third kappa shape index (κ3) is 6.12. The Morgan fingerprint density at radius 1 is 1.37 bits per heavy atom. The van der Waals surface area contributed by atoms with E-state index >= 15 is 0 Å². The van der Waals surface area contributed by atoms with Crippen molar-refractivity contribution in [2.24, 2.45) is 5.73 Å². The number of hydrogen-bond acceptors (Lipinski definition) is 3. The molecule has 4 heteroatoms. The molecular formula is C15H24N2OS. The van der Waals surface area contributed by atoms with Crippen LogP contribution >= 0.6 is 11.8 Å². The number of rotatable bonds is 8. The number of hydrogen-bond donors (Lipinski definition) is 2. The molecule has 3 N–H and O–H groups in total. The summed E-state index contributed by atoms with van der Waals surface area (Å²) in [6, 6.07) is 8.46. The van der Waals surface area contributed by atoms with Crippen molar-refractivity contribution in [2.75, 3.05) is 5.75 Å². The van der Waals surface area contributed by atoms with Gasteiger partial charge in [0.05, 0.1) is 6.04 Å². The van der Waals surface area contributed by atoms with Gasteiger partial charge in [0.1, 0.15) is 0 Å². The van der Waals surface area contributed by atoms with Crippen LogP contribution in [0.5, 0.6) is 0 Å². The summed E-state index contributed by atoms with van der Waals surface area (Å²) in [5.74, 6) is 1.66. The van der Waals surface area contributed by atoms with Crippen LogP contribution in [0.2, 0.25) is 0 Å². The van der Waals surface area contributed by atoms with Crippen molar-refractivity contribution in [2.45, 2.75) is 45.0 Å². The first kappa shape index (κ1) is 16.1. The van der Waals surface area contributed by atoms with Crippen LogP contribution in [0, 0.1) is 6.92 Å². The minimum atomic E-state index is -0.259. The van der Waals surface area contributed by atoms with Gasteiger partial charge >= 0.3 is 0 Å². The number of carbonyl (C=O) groups excluding carboxylic acids is 1. The predicted octanol–water partition coefficient (Wildman–Crippen LogP) is 2.47. The molecule has 1 aromatic carbocycles. The highest BCUT2D eigenvalue weighted by atomic mass is 32.2. The van der Waals surface area contributed by atoms with Gasteiger partial charge in [-0.15, -0.1) is 0 Å². The topological polar surface area (TPSA) is 55.1 Å². The molecule has 0 bridgehead atoms. The maximum Gasteiger partial charge on any atom is 0.234 e. The first-order valence-electron chi connectivity index (χ1n) is 6.68. The monoisotopic (exact) mass is 280 g/mol. The van der Waals surface area contributed by atoms with Gasteiger partial charge in [-0.25, -0.2) is 0 Å². The van der Waals surface area contributed by atoms with Crippen molar-refractivity contribution in [3.8, 4) is 0 Å². The van der Waals surface area contributed by atoms with Crippen LogP contribution in [0.1, 0.15) is 31.4 Å². The summed E-state index contributed by atoms with van der Waals surface area (Å²) in [6.07, 6.45) is 0.782. The Kier molecular flexibility index (Phi) is 6.95. The van der Waals surface area contributed by atoms with E-state index in [9.17, 15) is 4.79 Å². The smallest absolute Gasteiger partial charge is 0.234 e.